The summed E-state index contributed by atoms with van der Waals surface area (Å²) in [6.07, 6.45) is 2.41. The van der Waals surface area contributed by atoms with E-state index in [1.807, 2.05) is 0 Å². The molecule has 9 nitrogen and oxygen atoms in total. The van der Waals surface area contributed by atoms with Crippen molar-refractivity contribution in [2.75, 3.05) is 14.2 Å². The lowest BCUT2D eigenvalue weighted by Gasteiger charge is -2.08. The minimum Gasteiger partial charge on any atom is -0.464 e. The van der Waals surface area contributed by atoms with E-state index in [1.165, 1.54) is 31.6 Å². The van der Waals surface area contributed by atoms with Gasteiger partial charge in [0.2, 0.25) is 11.5 Å². The second-order valence-corrected chi connectivity index (χ2v) is 3.52. The molecule has 1 aromatic rings. The molecular formula is C10H15N5O4. The second kappa shape index (κ2) is 7.09. The molecule has 0 saturated carbocycles. The number of esters is 1. The minimum atomic E-state index is -0.730. The summed E-state index contributed by atoms with van der Waals surface area (Å²) >= 11 is 0. The molecule has 1 rings (SSSR count). The molecule has 0 aliphatic rings. The SMILES string of the molecule is CO/N=C(\C(=N/OC(C)C)C(=O)OC)n1cncn1. The average molecular weight is 269 g/mol. The maximum atomic E-state index is 11.7. The van der Waals surface area contributed by atoms with Gasteiger partial charge in [-0.2, -0.15) is 9.78 Å². The molecule has 0 unspecified atom stereocenters. The molecule has 0 radical (unpaired) electrons. The molecule has 0 amide bonds. The topological polar surface area (TPSA) is 100 Å². The number of carbonyl (C=O) groups excluding carboxylic acids is 1. The highest BCUT2D eigenvalue weighted by Gasteiger charge is 2.24. The van der Waals surface area contributed by atoms with Crippen LogP contribution in [0.15, 0.2) is 23.0 Å². The predicted octanol–water partition coefficient (Wildman–Crippen LogP) is 0.0401. The summed E-state index contributed by atoms with van der Waals surface area (Å²) in [5.41, 5.74) is -0.177. The predicted molar refractivity (Wildman–Crippen MR) is 65.5 cm³/mol. The van der Waals surface area contributed by atoms with Gasteiger partial charge in [-0.25, -0.2) is 9.78 Å². The Morgan fingerprint density at radius 2 is 2.05 bits per heavy atom. The Balaban J connectivity index is 3.16. The molecule has 0 spiro atoms. The monoisotopic (exact) mass is 269 g/mol. The quantitative estimate of drug-likeness (QED) is 0.324. The number of ether oxygens (including phenoxy) is 1. The van der Waals surface area contributed by atoms with Crippen LogP contribution in [0, 0.1) is 0 Å². The van der Waals surface area contributed by atoms with E-state index in [1.54, 1.807) is 13.8 Å². The van der Waals surface area contributed by atoms with Gasteiger partial charge in [-0.3, -0.25) is 0 Å². The average Bonchev–Trinajstić information content (AvgIpc) is 2.90. The van der Waals surface area contributed by atoms with E-state index in [4.69, 9.17) is 4.84 Å². The van der Waals surface area contributed by atoms with Crippen molar-refractivity contribution < 1.29 is 19.2 Å². The van der Waals surface area contributed by atoms with E-state index in [0.717, 1.165) is 0 Å². The van der Waals surface area contributed by atoms with E-state index in [2.05, 4.69) is 30.0 Å². The van der Waals surface area contributed by atoms with Gasteiger partial charge in [0.1, 0.15) is 25.9 Å². The number of hydrogen-bond acceptors (Lipinski definition) is 8. The number of nitrogens with zero attached hydrogens (tertiary/aromatic N) is 5. The fraction of sp³-hybridized carbons (Fsp3) is 0.500. The van der Waals surface area contributed by atoms with Gasteiger partial charge in [0.05, 0.1) is 7.11 Å². The lowest BCUT2D eigenvalue weighted by atomic mass is 10.3. The van der Waals surface area contributed by atoms with Crippen LogP contribution in [-0.2, 0) is 19.2 Å². The highest BCUT2D eigenvalue weighted by Crippen LogP contribution is 1.97. The lowest BCUT2D eigenvalue weighted by molar-refractivity contribution is -0.132. The molecule has 0 aliphatic carbocycles. The molecule has 0 atom stereocenters. The molecule has 9 heteroatoms. The fourth-order valence-corrected chi connectivity index (χ4v) is 1.02. The van der Waals surface area contributed by atoms with Crippen molar-refractivity contribution in [1.82, 2.24) is 14.8 Å². The van der Waals surface area contributed by atoms with E-state index in [-0.39, 0.29) is 17.7 Å². The van der Waals surface area contributed by atoms with Crippen LogP contribution < -0.4 is 0 Å². The van der Waals surface area contributed by atoms with E-state index in [0.29, 0.717) is 0 Å². The Morgan fingerprint density at radius 1 is 1.32 bits per heavy atom. The Bertz CT molecular complexity index is 466. The van der Waals surface area contributed by atoms with Gasteiger partial charge in [0.25, 0.3) is 0 Å². The van der Waals surface area contributed by atoms with Crippen molar-refractivity contribution in [3.8, 4) is 0 Å². The van der Waals surface area contributed by atoms with Crippen LogP contribution in [0.1, 0.15) is 13.8 Å². The molecule has 0 aromatic carbocycles. The van der Waals surface area contributed by atoms with Gasteiger partial charge in [-0.15, -0.1) is 0 Å². The Hall–Kier alpha value is -2.45. The van der Waals surface area contributed by atoms with Crippen molar-refractivity contribution in [1.29, 1.82) is 0 Å². The summed E-state index contributed by atoms with van der Waals surface area (Å²) in [5.74, 6) is -0.723. The number of rotatable bonds is 5. The number of oxime groups is 2. The zero-order valence-corrected chi connectivity index (χ0v) is 11.1. The molecule has 0 aliphatic heterocycles. The number of hydrogen-bond donors (Lipinski definition) is 0. The zero-order chi connectivity index (χ0) is 14.3. The van der Waals surface area contributed by atoms with Gasteiger partial charge >= 0.3 is 5.97 Å². The minimum absolute atomic E-state index is 0.00694. The first-order valence-corrected chi connectivity index (χ1v) is 5.38. The van der Waals surface area contributed by atoms with Crippen molar-refractivity contribution in [2.24, 2.45) is 10.3 Å². The first-order chi connectivity index (χ1) is 9.10. The lowest BCUT2D eigenvalue weighted by Crippen LogP contribution is -2.32. The molecule has 19 heavy (non-hydrogen) atoms. The normalized spacial score (nSPS) is 12.5. The van der Waals surface area contributed by atoms with Crippen molar-refractivity contribution >= 4 is 17.5 Å². The van der Waals surface area contributed by atoms with Gasteiger partial charge in [-0.05, 0) is 13.8 Å². The zero-order valence-electron chi connectivity index (χ0n) is 11.1. The molecule has 0 saturated heterocycles. The van der Waals surface area contributed by atoms with E-state index < -0.39 is 5.97 Å². The number of aromatic nitrogens is 3. The molecular weight excluding hydrogens is 254 g/mol. The smallest absolute Gasteiger partial charge is 0.364 e. The highest BCUT2D eigenvalue weighted by atomic mass is 16.6. The van der Waals surface area contributed by atoms with Crippen molar-refractivity contribution in [3.63, 3.8) is 0 Å². The third kappa shape index (κ3) is 4.05. The molecule has 0 bridgehead atoms. The third-order valence-corrected chi connectivity index (χ3v) is 1.76. The summed E-state index contributed by atoms with van der Waals surface area (Å²) < 4.78 is 5.83. The summed E-state index contributed by atoms with van der Waals surface area (Å²) in [6, 6.07) is 0. The van der Waals surface area contributed by atoms with Gasteiger partial charge < -0.3 is 14.4 Å². The van der Waals surface area contributed by atoms with Gasteiger partial charge in [0.15, 0.2) is 0 Å². The van der Waals surface area contributed by atoms with Crippen LogP contribution in [-0.4, -0.2) is 52.6 Å². The third-order valence-electron chi connectivity index (χ3n) is 1.76. The van der Waals surface area contributed by atoms with Gasteiger partial charge in [-0.1, -0.05) is 10.3 Å². The fourth-order valence-electron chi connectivity index (χ4n) is 1.02. The van der Waals surface area contributed by atoms with E-state index >= 15 is 0 Å². The Labute approximate surface area is 109 Å². The maximum Gasteiger partial charge on any atom is 0.364 e. The largest absolute Gasteiger partial charge is 0.464 e. The van der Waals surface area contributed by atoms with Gasteiger partial charge in [0, 0.05) is 0 Å². The van der Waals surface area contributed by atoms with Crippen LogP contribution in [0.3, 0.4) is 0 Å². The first kappa shape index (κ1) is 14.6. The van der Waals surface area contributed by atoms with Crippen LogP contribution in [0.4, 0.5) is 0 Å². The summed E-state index contributed by atoms with van der Waals surface area (Å²) in [7, 11) is 2.55. The second-order valence-electron chi connectivity index (χ2n) is 3.52. The standard InChI is InChI=1S/C10H15N5O4/c1-7(2)19-13-8(10(16)17-3)9(14-18-4)15-6-11-5-12-15/h5-7H,1-4H3/b13-8+,14-9+. The van der Waals surface area contributed by atoms with Crippen LogP contribution in [0.2, 0.25) is 0 Å². The van der Waals surface area contributed by atoms with Crippen LogP contribution in [0.25, 0.3) is 0 Å². The number of methoxy groups -OCH3 is 1. The van der Waals surface area contributed by atoms with Crippen molar-refractivity contribution in [2.45, 2.75) is 20.0 Å². The summed E-state index contributed by atoms with van der Waals surface area (Å²) in [4.78, 5) is 25.2. The van der Waals surface area contributed by atoms with Crippen LogP contribution >= 0.6 is 0 Å². The number of carbonyl (C=O) groups is 1. The van der Waals surface area contributed by atoms with Crippen molar-refractivity contribution in [3.05, 3.63) is 12.7 Å². The van der Waals surface area contributed by atoms with Crippen LogP contribution in [0.5, 0.6) is 0 Å². The Morgan fingerprint density at radius 3 is 2.53 bits per heavy atom. The molecule has 1 heterocycles. The molecule has 104 valence electrons. The summed E-state index contributed by atoms with van der Waals surface area (Å²) in [6.45, 7) is 3.53. The van der Waals surface area contributed by atoms with E-state index in [9.17, 15) is 4.79 Å². The molecule has 0 fully saturated rings. The Kier molecular flexibility index (Phi) is 5.45. The molecule has 1 aromatic heterocycles. The highest BCUT2D eigenvalue weighted by molar-refractivity contribution is 6.65. The first-order valence-electron chi connectivity index (χ1n) is 5.38. The molecule has 0 N–H and O–H groups in total. The maximum absolute atomic E-state index is 11.7. The summed E-state index contributed by atoms with van der Waals surface area (Å²) in [5, 5.41) is 11.2.